The van der Waals surface area contributed by atoms with Gasteiger partial charge >= 0.3 is 0 Å². The number of aryl methyl sites for hydroxylation is 1. The van der Waals surface area contributed by atoms with E-state index in [2.05, 4.69) is 26.3 Å². The van der Waals surface area contributed by atoms with Gasteiger partial charge in [0.25, 0.3) is 5.91 Å². The molecule has 0 saturated heterocycles. The van der Waals surface area contributed by atoms with E-state index in [0.717, 1.165) is 9.35 Å². The van der Waals surface area contributed by atoms with Crippen LogP contribution in [0.2, 0.25) is 0 Å². The molecule has 7 heteroatoms. The molecule has 3 N–H and O–H groups in total. The summed E-state index contributed by atoms with van der Waals surface area (Å²) in [5, 5.41) is 8.74. The number of nitrogen functional groups attached to an aromatic ring is 1. The van der Waals surface area contributed by atoms with Gasteiger partial charge < -0.3 is 11.1 Å². The van der Waals surface area contributed by atoms with Crippen molar-refractivity contribution in [2.45, 2.75) is 6.54 Å². The summed E-state index contributed by atoms with van der Waals surface area (Å²) in [6.07, 6.45) is 1.61. The Morgan fingerprint density at radius 1 is 1.71 bits per heavy atom. The zero-order valence-electron chi connectivity index (χ0n) is 9.11. The van der Waals surface area contributed by atoms with Gasteiger partial charge in [-0.25, -0.2) is 0 Å². The number of aromatic nitrogens is 2. The topological polar surface area (TPSA) is 72.9 Å². The van der Waals surface area contributed by atoms with E-state index in [1.165, 1.54) is 4.68 Å². The van der Waals surface area contributed by atoms with E-state index in [4.69, 9.17) is 5.73 Å². The van der Waals surface area contributed by atoms with Crippen molar-refractivity contribution in [1.29, 1.82) is 0 Å². The van der Waals surface area contributed by atoms with Crippen molar-refractivity contribution < 1.29 is 4.79 Å². The molecule has 0 fully saturated rings. The number of carbonyl (C=O) groups is 1. The average Bonchev–Trinajstić information content (AvgIpc) is 2.81. The summed E-state index contributed by atoms with van der Waals surface area (Å²) in [6.45, 7) is 0.465. The van der Waals surface area contributed by atoms with Crippen LogP contribution in [-0.2, 0) is 13.6 Å². The van der Waals surface area contributed by atoms with Crippen molar-refractivity contribution in [1.82, 2.24) is 15.1 Å². The fraction of sp³-hybridized carbons (Fsp3) is 0.200. The van der Waals surface area contributed by atoms with Crippen molar-refractivity contribution in [3.05, 3.63) is 32.7 Å². The molecule has 0 aliphatic rings. The van der Waals surface area contributed by atoms with Gasteiger partial charge in [0.2, 0.25) is 0 Å². The Balaban J connectivity index is 2.03. The van der Waals surface area contributed by atoms with Crippen LogP contribution in [0.1, 0.15) is 15.4 Å². The molecular formula is C10H11BrN4OS. The monoisotopic (exact) mass is 314 g/mol. The molecule has 0 saturated carbocycles. The number of nitrogens with one attached hydrogen (secondary N) is 1. The standard InChI is InChI=1S/C10H11BrN4OS/c1-15-5-7(12)9(14-15)10(16)13-4-8-6(11)2-3-17-8/h2-3,5H,4,12H2,1H3,(H,13,16). The second-order valence-corrected chi connectivity index (χ2v) is 5.34. The van der Waals surface area contributed by atoms with Crippen LogP contribution in [0.15, 0.2) is 22.1 Å². The van der Waals surface area contributed by atoms with Gasteiger partial charge in [0.15, 0.2) is 5.69 Å². The summed E-state index contributed by atoms with van der Waals surface area (Å²) < 4.78 is 2.52. The third kappa shape index (κ3) is 2.67. The van der Waals surface area contributed by atoms with Crippen LogP contribution in [-0.4, -0.2) is 15.7 Å². The van der Waals surface area contributed by atoms with Gasteiger partial charge in [-0.15, -0.1) is 11.3 Å². The van der Waals surface area contributed by atoms with Gasteiger partial charge in [0.1, 0.15) is 0 Å². The van der Waals surface area contributed by atoms with Crippen LogP contribution in [0.5, 0.6) is 0 Å². The Morgan fingerprint density at radius 3 is 3.00 bits per heavy atom. The van der Waals surface area contributed by atoms with Crippen molar-refractivity contribution >= 4 is 38.9 Å². The highest BCUT2D eigenvalue weighted by Gasteiger charge is 2.14. The molecule has 0 radical (unpaired) electrons. The summed E-state index contributed by atoms with van der Waals surface area (Å²) in [5.74, 6) is -0.261. The van der Waals surface area contributed by atoms with E-state index in [1.807, 2.05) is 11.4 Å². The molecule has 0 bridgehead atoms. The molecule has 2 aromatic rings. The maximum Gasteiger partial charge on any atom is 0.274 e. The van der Waals surface area contributed by atoms with E-state index >= 15 is 0 Å². The lowest BCUT2D eigenvalue weighted by molar-refractivity contribution is 0.0946. The first-order chi connectivity index (χ1) is 8.08. The van der Waals surface area contributed by atoms with Crippen molar-refractivity contribution in [3.8, 4) is 0 Å². The van der Waals surface area contributed by atoms with E-state index < -0.39 is 0 Å². The predicted octanol–water partition coefficient (Wildman–Crippen LogP) is 1.76. The number of nitrogens with two attached hydrogens (primary N) is 1. The molecule has 5 nitrogen and oxygen atoms in total. The highest BCUT2D eigenvalue weighted by atomic mass is 79.9. The molecule has 2 rings (SSSR count). The minimum absolute atomic E-state index is 0.261. The van der Waals surface area contributed by atoms with Crippen LogP contribution in [0.25, 0.3) is 0 Å². The lowest BCUT2D eigenvalue weighted by Gasteiger charge is -2.02. The predicted molar refractivity (Wildman–Crippen MR) is 70.8 cm³/mol. The number of halogens is 1. The van der Waals surface area contributed by atoms with Crippen LogP contribution in [0, 0.1) is 0 Å². The van der Waals surface area contributed by atoms with Crippen LogP contribution >= 0.6 is 27.3 Å². The third-order valence-electron chi connectivity index (χ3n) is 2.17. The Morgan fingerprint density at radius 2 is 2.47 bits per heavy atom. The molecule has 17 heavy (non-hydrogen) atoms. The molecule has 90 valence electrons. The maximum absolute atomic E-state index is 11.8. The Bertz CT molecular complexity index is 548. The molecule has 2 aromatic heterocycles. The second kappa shape index (κ2) is 4.89. The Kier molecular flexibility index (Phi) is 3.49. The Labute approximate surface area is 111 Å². The molecule has 1 amide bonds. The quantitative estimate of drug-likeness (QED) is 0.906. The van der Waals surface area contributed by atoms with E-state index in [0.29, 0.717) is 12.2 Å². The van der Waals surface area contributed by atoms with E-state index in [9.17, 15) is 4.79 Å². The largest absolute Gasteiger partial charge is 0.396 e. The summed E-state index contributed by atoms with van der Waals surface area (Å²) in [7, 11) is 1.73. The second-order valence-electron chi connectivity index (χ2n) is 3.48. The maximum atomic E-state index is 11.8. The fourth-order valence-corrected chi connectivity index (χ4v) is 2.81. The van der Waals surface area contributed by atoms with E-state index in [-0.39, 0.29) is 11.6 Å². The van der Waals surface area contributed by atoms with Crippen LogP contribution < -0.4 is 11.1 Å². The number of carbonyl (C=O) groups excluding carboxylic acids is 1. The number of thiophene rings is 1. The number of rotatable bonds is 3. The molecule has 0 atom stereocenters. The number of nitrogens with zero attached hydrogens (tertiary/aromatic N) is 2. The summed E-state index contributed by atoms with van der Waals surface area (Å²) in [6, 6.07) is 1.95. The van der Waals surface area contributed by atoms with Crippen LogP contribution in [0.4, 0.5) is 5.69 Å². The van der Waals surface area contributed by atoms with Crippen molar-refractivity contribution in [2.24, 2.45) is 7.05 Å². The fourth-order valence-electron chi connectivity index (χ4n) is 1.38. The zero-order valence-corrected chi connectivity index (χ0v) is 11.5. The van der Waals surface area contributed by atoms with Gasteiger partial charge in [-0.3, -0.25) is 9.48 Å². The molecule has 0 aromatic carbocycles. The smallest absolute Gasteiger partial charge is 0.274 e. The third-order valence-corrected chi connectivity index (χ3v) is 4.10. The molecule has 0 spiro atoms. The minimum atomic E-state index is -0.261. The van der Waals surface area contributed by atoms with Crippen molar-refractivity contribution in [3.63, 3.8) is 0 Å². The SMILES string of the molecule is Cn1cc(N)c(C(=O)NCc2sccc2Br)n1. The molecule has 0 aliphatic heterocycles. The first-order valence-corrected chi connectivity index (χ1v) is 6.54. The normalized spacial score (nSPS) is 10.5. The average molecular weight is 315 g/mol. The molecule has 2 heterocycles. The Hall–Kier alpha value is -1.34. The van der Waals surface area contributed by atoms with Gasteiger partial charge in [0.05, 0.1) is 12.2 Å². The number of anilines is 1. The molecule has 0 unspecified atom stereocenters. The first kappa shape index (κ1) is 12.1. The number of hydrogen-bond donors (Lipinski definition) is 2. The van der Waals surface area contributed by atoms with E-state index in [1.54, 1.807) is 24.6 Å². The summed E-state index contributed by atoms with van der Waals surface area (Å²) in [4.78, 5) is 12.9. The van der Waals surface area contributed by atoms with Gasteiger partial charge in [0, 0.05) is 22.6 Å². The molecule has 0 aliphatic carbocycles. The minimum Gasteiger partial charge on any atom is -0.396 e. The highest BCUT2D eigenvalue weighted by molar-refractivity contribution is 9.10. The highest BCUT2D eigenvalue weighted by Crippen LogP contribution is 2.22. The zero-order chi connectivity index (χ0) is 12.4. The van der Waals surface area contributed by atoms with Gasteiger partial charge in [-0.2, -0.15) is 5.10 Å². The lowest BCUT2D eigenvalue weighted by atomic mass is 10.3. The molecular weight excluding hydrogens is 304 g/mol. The lowest BCUT2D eigenvalue weighted by Crippen LogP contribution is -2.24. The van der Waals surface area contributed by atoms with Crippen molar-refractivity contribution in [2.75, 3.05) is 5.73 Å². The first-order valence-electron chi connectivity index (χ1n) is 4.87. The number of hydrogen-bond acceptors (Lipinski definition) is 4. The van der Waals surface area contributed by atoms with Gasteiger partial charge in [-0.05, 0) is 27.4 Å². The summed E-state index contributed by atoms with van der Waals surface area (Å²) in [5.41, 5.74) is 6.32. The number of amides is 1. The van der Waals surface area contributed by atoms with Gasteiger partial charge in [-0.1, -0.05) is 0 Å². The van der Waals surface area contributed by atoms with Crippen LogP contribution in [0.3, 0.4) is 0 Å². The summed E-state index contributed by atoms with van der Waals surface area (Å²) >= 11 is 4.98.